The van der Waals surface area contributed by atoms with Crippen LogP contribution in [0.2, 0.25) is 0 Å². The lowest BCUT2D eigenvalue weighted by Gasteiger charge is -2.06. The number of hydrogen-bond acceptors (Lipinski definition) is 1. The van der Waals surface area contributed by atoms with Crippen molar-refractivity contribution in [3.05, 3.63) is 24.3 Å². The van der Waals surface area contributed by atoms with Gasteiger partial charge in [-0.25, -0.2) is 0 Å². The van der Waals surface area contributed by atoms with Gasteiger partial charge in [-0.2, -0.15) is 0 Å². The summed E-state index contributed by atoms with van der Waals surface area (Å²) < 4.78 is 0. The molecule has 0 saturated heterocycles. The molecule has 20 heavy (non-hydrogen) atoms. The molecular weight excluding hydrogens is 244 g/mol. The largest absolute Gasteiger partial charge is 0.392 e. The van der Waals surface area contributed by atoms with E-state index in [0.717, 1.165) is 17.6 Å². The predicted octanol–water partition coefficient (Wildman–Crippen LogP) is 6.18. The third-order valence-electron chi connectivity index (χ3n) is 4.02. The summed E-state index contributed by atoms with van der Waals surface area (Å²) in [5, 5.41) is 8.94. The van der Waals surface area contributed by atoms with Crippen molar-refractivity contribution < 1.29 is 5.11 Å². The van der Waals surface area contributed by atoms with Crippen molar-refractivity contribution in [2.45, 2.75) is 90.4 Å². The highest BCUT2D eigenvalue weighted by Crippen LogP contribution is 2.16. The summed E-state index contributed by atoms with van der Waals surface area (Å²) in [7, 11) is 0. The van der Waals surface area contributed by atoms with Crippen molar-refractivity contribution in [2.75, 3.05) is 6.61 Å². The predicted molar refractivity (Wildman–Crippen MR) is 91.1 cm³/mol. The maximum atomic E-state index is 8.94. The molecule has 0 aromatic rings. The van der Waals surface area contributed by atoms with Crippen LogP contribution in [0.15, 0.2) is 24.3 Å². The SMILES string of the molecule is C=C(CO)C(=C)CCCCCCCCCCCCCC. The monoisotopic (exact) mass is 280 g/mol. The number of aliphatic hydroxyl groups excluding tert-OH is 1. The molecule has 0 spiro atoms. The summed E-state index contributed by atoms with van der Waals surface area (Å²) in [6.45, 7) is 10.1. The van der Waals surface area contributed by atoms with Crippen molar-refractivity contribution >= 4 is 0 Å². The maximum Gasteiger partial charge on any atom is 0.0678 e. The quantitative estimate of drug-likeness (QED) is 0.280. The second-order valence-electron chi connectivity index (χ2n) is 6.00. The van der Waals surface area contributed by atoms with Crippen LogP contribution in [0, 0.1) is 0 Å². The van der Waals surface area contributed by atoms with E-state index in [1.54, 1.807) is 0 Å². The van der Waals surface area contributed by atoms with E-state index in [0.29, 0.717) is 0 Å². The van der Waals surface area contributed by atoms with E-state index < -0.39 is 0 Å². The minimum absolute atomic E-state index is 0.0527. The highest BCUT2D eigenvalue weighted by Gasteiger charge is 1.99. The molecule has 0 fully saturated rings. The van der Waals surface area contributed by atoms with Gasteiger partial charge in [-0.3, -0.25) is 0 Å². The third kappa shape index (κ3) is 12.5. The van der Waals surface area contributed by atoms with Crippen LogP contribution in [-0.4, -0.2) is 11.7 Å². The van der Waals surface area contributed by atoms with E-state index in [1.165, 1.54) is 77.0 Å². The minimum atomic E-state index is 0.0527. The van der Waals surface area contributed by atoms with Crippen molar-refractivity contribution in [1.82, 2.24) is 0 Å². The second-order valence-corrected chi connectivity index (χ2v) is 6.00. The van der Waals surface area contributed by atoms with Gasteiger partial charge in [-0.15, -0.1) is 0 Å². The van der Waals surface area contributed by atoms with Crippen molar-refractivity contribution in [3.63, 3.8) is 0 Å². The van der Waals surface area contributed by atoms with Crippen molar-refractivity contribution in [2.24, 2.45) is 0 Å². The van der Waals surface area contributed by atoms with Gasteiger partial charge in [0.15, 0.2) is 0 Å². The summed E-state index contributed by atoms with van der Waals surface area (Å²) in [5.41, 5.74) is 1.83. The molecule has 1 heteroatoms. The fourth-order valence-corrected chi connectivity index (χ4v) is 2.47. The van der Waals surface area contributed by atoms with Crippen LogP contribution >= 0.6 is 0 Å². The lowest BCUT2D eigenvalue weighted by Crippen LogP contribution is -1.92. The lowest BCUT2D eigenvalue weighted by molar-refractivity contribution is 0.333. The molecule has 0 amide bonds. The van der Waals surface area contributed by atoms with Crippen LogP contribution in [-0.2, 0) is 0 Å². The van der Waals surface area contributed by atoms with Crippen LogP contribution in [0.1, 0.15) is 90.4 Å². The summed E-state index contributed by atoms with van der Waals surface area (Å²) in [5.74, 6) is 0. The zero-order valence-corrected chi connectivity index (χ0v) is 13.8. The van der Waals surface area contributed by atoms with Crippen LogP contribution in [0.5, 0.6) is 0 Å². The van der Waals surface area contributed by atoms with Gasteiger partial charge < -0.3 is 5.11 Å². The molecule has 0 aliphatic heterocycles. The minimum Gasteiger partial charge on any atom is -0.392 e. The van der Waals surface area contributed by atoms with Gasteiger partial charge in [0.05, 0.1) is 6.61 Å². The molecule has 118 valence electrons. The fraction of sp³-hybridized carbons (Fsp3) is 0.789. The number of aliphatic hydroxyl groups is 1. The first-order chi connectivity index (χ1) is 9.72. The Morgan fingerprint density at radius 3 is 1.45 bits per heavy atom. The zero-order valence-electron chi connectivity index (χ0n) is 13.8. The molecule has 0 atom stereocenters. The molecule has 0 bridgehead atoms. The van der Waals surface area contributed by atoms with Gasteiger partial charge in [0.1, 0.15) is 0 Å². The van der Waals surface area contributed by atoms with Crippen LogP contribution in [0.4, 0.5) is 0 Å². The van der Waals surface area contributed by atoms with Gasteiger partial charge in [-0.1, -0.05) is 96.3 Å². The molecule has 0 heterocycles. The number of unbranched alkanes of at least 4 members (excludes halogenated alkanes) is 11. The average molecular weight is 280 g/mol. The first-order valence-electron chi connectivity index (χ1n) is 8.69. The molecule has 0 rings (SSSR count). The van der Waals surface area contributed by atoms with E-state index >= 15 is 0 Å². The van der Waals surface area contributed by atoms with Gasteiger partial charge in [0.25, 0.3) is 0 Å². The van der Waals surface area contributed by atoms with Crippen molar-refractivity contribution in [1.29, 1.82) is 0 Å². The molecule has 0 saturated carbocycles. The second kappa shape index (κ2) is 14.8. The Labute approximate surface area is 127 Å². The van der Waals surface area contributed by atoms with Crippen molar-refractivity contribution in [3.8, 4) is 0 Å². The summed E-state index contributed by atoms with van der Waals surface area (Å²) >= 11 is 0. The van der Waals surface area contributed by atoms with E-state index in [2.05, 4.69) is 20.1 Å². The topological polar surface area (TPSA) is 20.2 Å². The molecule has 0 aliphatic rings. The molecule has 0 aliphatic carbocycles. The Morgan fingerprint density at radius 2 is 1.05 bits per heavy atom. The van der Waals surface area contributed by atoms with Crippen LogP contribution < -0.4 is 0 Å². The van der Waals surface area contributed by atoms with E-state index in [4.69, 9.17) is 5.11 Å². The molecule has 0 aromatic heterocycles. The van der Waals surface area contributed by atoms with Crippen LogP contribution in [0.3, 0.4) is 0 Å². The Balaban J connectivity index is 3.13. The van der Waals surface area contributed by atoms with E-state index in [1.807, 2.05) is 0 Å². The lowest BCUT2D eigenvalue weighted by atomic mass is 10.0. The van der Waals surface area contributed by atoms with E-state index in [9.17, 15) is 0 Å². The molecular formula is C19H36O. The summed E-state index contributed by atoms with van der Waals surface area (Å²) in [6, 6.07) is 0. The highest BCUT2D eigenvalue weighted by atomic mass is 16.3. The summed E-state index contributed by atoms with van der Waals surface area (Å²) in [4.78, 5) is 0. The third-order valence-corrected chi connectivity index (χ3v) is 4.02. The zero-order chi connectivity index (χ0) is 15.1. The normalized spacial score (nSPS) is 10.7. The first kappa shape index (κ1) is 19.4. The highest BCUT2D eigenvalue weighted by molar-refractivity contribution is 5.24. The maximum absolute atomic E-state index is 8.94. The molecule has 1 nitrogen and oxygen atoms in total. The van der Waals surface area contributed by atoms with E-state index in [-0.39, 0.29) is 6.61 Å². The van der Waals surface area contributed by atoms with Crippen LogP contribution in [0.25, 0.3) is 0 Å². The molecule has 1 N–H and O–H groups in total. The first-order valence-corrected chi connectivity index (χ1v) is 8.69. The van der Waals surface area contributed by atoms with Gasteiger partial charge >= 0.3 is 0 Å². The van der Waals surface area contributed by atoms with Gasteiger partial charge in [-0.05, 0) is 18.4 Å². The number of hydrogen-bond donors (Lipinski definition) is 1. The Kier molecular flexibility index (Phi) is 14.4. The Bertz CT molecular complexity index is 242. The van der Waals surface area contributed by atoms with Gasteiger partial charge in [0.2, 0.25) is 0 Å². The molecule has 0 unspecified atom stereocenters. The average Bonchev–Trinajstić information content (AvgIpc) is 2.47. The molecule has 0 radical (unpaired) electrons. The standard InChI is InChI=1S/C19H36O/c1-4-5-6-7-8-9-10-11-12-13-14-15-16-18(2)19(3)17-20/h20H,2-17H2,1H3. The molecule has 0 aromatic carbocycles. The number of rotatable bonds is 15. The summed E-state index contributed by atoms with van der Waals surface area (Å²) in [6.07, 6.45) is 17.5. The Morgan fingerprint density at radius 1 is 0.650 bits per heavy atom. The smallest absolute Gasteiger partial charge is 0.0678 e. The Hall–Kier alpha value is -0.560. The van der Waals surface area contributed by atoms with Gasteiger partial charge in [0, 0.05) is 0 Å². The fourth-order valence-electron chi connectivity index (χ4n) is 2.47.